The van der Waals surface area contributed by atoms with Gasteiger partial charge in [0.05, 0.1) is 5.92 Å². The Kier molecular flexibility index (Phi) is 6.03. The van der Waals surface area contributed by atoms with Gasteiger partial charge in [0.15, 0.2) is 0 Å². The third-order valence-electron chi connectivity index (χ3n) is 4.59. The number of amides is 2. The maximum Gasteiger partial charge on any atom is 0.224 e. The lowest BCUT2D eigenvalue weighted by Gasteiger charge is -2.34. The van der Waals surface area contributed by atoms with E-state index in [0.29, 0.717) is 5.92 Å². The molecule has 116 valence electrons. The van der Waals surface area contributed by atoms with Crippen molar-refractivity contribution in [3.05, 3.63) is 0 Å². The molecule has 3 N–H and O–H groups in total. The Balaban J connectivity index is 2.79. The second kappa shape index (κ2) is 7.09. The van der Waals surface area contributed by atoms with Crippen LogP contribution in [0.25, 0.3) is 0 Å². The summed E-state index contributed by atoms with van der Waals surface area (Å²) in [6, 6.07) is 0. The maximum atomic E-state index is 12.2. The Morgan fingerprint density at radius 2 is 1.80 bits per heavy atom. The summed E-state index contributed by atoms with van der Waals surface area (Å²) in [5.74, 6) is -0.427. The predicted molar refractivity (Wildman–Crippen MR) is 80.9 cm³/mol. The van der Waals surface area contributed by atoms with Gasteiger partial charge in [-0.25, -0.2) is 0 Å². The van der Waals surface area contributed by atoms with E-state index in [1.54, 1.807) is 7.05 Å². The van der Waals surface area contributed by atoms with Crippen molar-refractivity contribution >= 4 is 11.8 Å². The molecule has 0 spiro atoms. The van der Waals surface area contributed by atoms with Crippen molar-refractivity contribution < 1.29 is 9.59 Å². The molecule has 1 aliphatic carbocycles. The molecule has 0 aromatic rings. The van der Waals surface area contributed by atoms with Crippen molar-refractivity contribution in [1.29, 1.82) is 0 Å². The summed E-state index contributed by atoms with van der Waals surface area (Å²) in [7, 11) is 1.62. The molecule has 0 bridgehead atoms. The number of nitrogens with two attached hydrogens (primary N) is 1. The number of rotatable bonds is 6. The monoisotopic (exact) mass is 282 g/mol. The van der Waals surface area contributed by atoms with E-state index in [2.05, 4.69) is 5.32 Å². The Bertz CT molecular complexity index is 341. The van der Waals surface area contributed by atoms with Gasteiger partial charge in [0, 0.05) is 13.0 Å². The third kappa shape index (κ3) is 4.50. The van der Waals surface area contributed by atoms with Crippen LogP contribution < -0.4 is 11.1 Å². The van der Waals surface area contributed by atoms with Gasteiger partial charge in [-0.05, 0) is 24.2 Å². The van der Waals surface area contributed by atoms with E-state index in [1.807, 2.05) is 20.8 Å². The van der Waals surface area contributed by atoms with Crippen LogP contribution in [0.1, 0.15) is 59.3 Å². The topological polar surface area (TPSA) is 72.2 Å². The highest BCUT2D eigenvalue weighted by molar-refractivity contribution is 5.87. The van der Waals surface area contributed by atoms with Gasteiger partial charge in [-0.3, -0.25) is 9.59 Å². The summed E-state index contributed by atoms with van der Waals surface area (Å²) in [4.78, 5) is 24.0. The molecule has 4 nitrogen and oxygen atoms in total. The molecule has 0 saturated heterocycles. The standard InChI is InChI=1S/C16H30N2O2/c1-16(2,3)13(15(20)18-4)12(14(17)19)10-9-11-7-5-6-8-11/h11-13H,5-10H2,1-4H3,(H2,17,19)(H,18,20)/t12-,13?/m0/s1. The molecular formula is C16H30N2O2. The molecular weight excluding hydrogens is 252 g/mol. The molecule has 1 aliphatic rings. The summed E-state index contributed by atoms with van der Waals surface area (Å²) in [6.07, 6.45) is 6.85. The smallest absolute Gasteiger partial charge is 0.224 e. The first-order chi connectivity index (χ1) is 9.27. The summed E-state index contributed by atoms with van der Waals surface area (Å²) < 4.78 is 0. The fourth-order valence-electron chi connectivity index (χ4n) is 3.52. The van der Waals surface area contributed by atoms with Crippen LogP contribution in [0.15, 0.2) is 0 Å². The van der Waals surface area contributed by atoms with E-state index in [4.69, 9.17) is 5.73 Å². The van der Waals surface area contributed by atoms with Crippen molar-refractivity contribution in [2.45, 2.75) is 59.3 Å². The Labute approximate surface area is 122 Å². The van der Waals surface area contributed by atoms with Crippen LogP contribution >= 0.6 is 0 Å². The van der Waals surface area contributed by atoms with Crippen molar-refractivity contribution in [3.63, 3.8) is 0 Å². The van der Waals surface area contributed by atoms with Crippen LogP contribution in [0.3, 0.4) is 0 Å². The highest BCUT2D eigenvalue weighted by Crippen LogP contribution is 2.37. The number of primary amides is 1. The highest BCUT2D eigenvalue weighted by atomic mass is 16.2. The molecule has 0 aromatic carbocycles. The van der Waals surface area contributed by atoms with Gasteiger partial charge in [0.2, 0.25) is 11.8 Å². The summed E-state index contributed by atoms with van der Waals surface area (Å²) in [5, 5.41) is 2.69. The van der Waals surface area contributed by atoms with Gasteiger partial charge in [-0.15, -0.1) is 0 Å². The molecule has 0 aliphatic heterocycles. The van der Waals surface area contributed by atoms with Crippen LogP contribution in [-0.2, 0) is 9.59 Å². The second-order valence-corrected chi connectivity index (χ2v) is 7.19. The van der Waals surface area contributed by atoms with Crippen LogP contribution in [0, 0.1) is 23.2 Å². The third-order valence-corrected chi connectivity index (χ3v) is 4.59. The van der Waals surface area contributed by atoms with Crippen LogP contribution in [0.4, 0.5) is 0 Å². The molecule has 20 heavy (non-hydrogen) atoms. The minimum atomic E-state index is -0.365. The van der Waals surface area contributed by atoms with Gasteiger partial charge in [-0.2, -0.15) is 0 Å². The molecule has 1 unspecified atom stereocenters. The van der Waals surface area contributed by atoms with Gasteiger partial charge >= 0.3 is 0 Å². The van der Waals surface area contributed by atoms with Crippen LogP contribution in [0.5, 0.6) is 0 Å². The fourth-order valence-corrected chi connectivity index (χ4v) is 3.52. The molecule has 2 atom stereocenters. The minimum absolute atomic E-state index is 0.0762. The van der Waals surface area contributed by atoms with E-state index in [0.717, 1.165) is 12.8 Å². The number of hydrogen-bond acceptors (Lipinski definition) is 2. The maximum absolute atomic E-state index is 12.2. The first-order valence-corrected chi connectivity index (χ1v) is 7.78. The molecule has 1 fully saturated rings. The zero-order valence-corrected chi connectivity index (χ0v) is 13.4. The average molecular weight is 282 g/mol. The molecule has 0 aromatic heterocycles. The van der Waals surface area contributed by atoms with E-state index in [-0.39, 0.29) is 29.1 Å². The highest BCUT2D eigenvalue weighted by Gasteiger charge is 2.40. The lowest BCUT2D eigenvalue weighted by atomic mass is 9.70. The van der Waals surface area contributed by atoms with Gasteiger partial charge < -0.3 is 11.1 Å². The SMILES string of the molecule is CNC(=O)C([C@H](CCC1CCCC1)C(N)=O)C(C)(C)C. The van der Waals surface area contributed by atoms with Crippen LogP contribution in [-0.4, -0.2) is 18.9 Å². The zero-order chi connectivity index (χ0) is 15.3. The predicted octanol–water partition coefficient (Wildman–Crippen LogP) is 2.47. The molecule has 4 heteroatoms. The van der Waals surface area contributed by atoms with Gasteiger partial charge in [-0.1, -0.05) is 46.5 Å². The van der Waals surface area contributed by atoms with E-state index in [1.165, 1.54) is 25.7 Å². The first kappa shape index (κ1) is 17.0. The number of nitrogens with one attached hydrogen (secondary N) is 1. The fraction of sp³-hybridized carbons (Fsp3) is 0.875. The van der Waals surface area contributed by atoms with Gasteiger partial charge in [0.25, 0.3) is 0 Å². The van der Waals surface area contributed by atoms with Crippen molar-refractivity contribution in [2.75, 3.05) is 7.05 Å². The summed E-state index contributed by atoms with van der Waals surface area (Å²) >= 11 is 0. The average Bonchev–Trinajstić information content (AvgIpc) is 2.84. The quantitative estimate of drug-likeness (QED) is 0.785. The largest absolute Gasteiger partial charge is 0.369 e. The normalized spacial score (nSPS) is 19.6. The Morgan fingerprint density at radius 3 is 2.20 bits per heavy atom. The Hall–Kier alpha value is -1.06. The van der Waals surface area contributed by atoms with Gasteiger partial charge in [0.1, 0.15) is 0 Å². The molecule has 1 saturated carbocycles. The lowest BCUT2D eigenvalue weighted by molar-refractivity contribution is -0.137. The van der Waals surface area contributed by atoms with E-state index >= 15 is 0 Å². The minimum Gasteiger partial charge on any atom is -0.369 e. The first-order valence-electron chi connectivity index (χ1n) is 7.78. The molecule has 0 radical (unpaired) electrons. The van der Waals surface area contributed by atoms with Crippen LogP contribution in [0.2, 0.25) is 0 Å². The number of hydrogen-bond donors (Lipinski definition) is 2. The van der Waals surface area contributed by atoms with E-state index < -0.39 is 0 Å². The summed E-state index contributed by atoms with van der Waals surface area (Å²) in [6.45, 7) is 6.00. The molecule has 1 rings (SSSR count). The Morgan fingerprint density at radius 1 is 1.25 bits per heavy atom. The van der Waals surface area contributed by atoms with Crippen molar-refractivity contribution in [2.24, 2.45) is 28.9 Å². The molecule has 2 amide bonds. The van der Waals surface area contributed by atoms with Crippen molar-refractivity contribution in [3.8, 4) is 0 Å². The lowest BCUT2D eigenvalue weighted by Crippen LogP contribution is -2.45. The summed E-state index contributed by atoms with van der Waals surface area (Å²) in [5.41, 5.74) is 5.32. The number of carbonyl (C=O) groups is 2. The molecule has 0 heterocycles. The number of carbonyl (C=O) groups excluding carboxylic acids is 2. The van der Waals surface area contributed by atoms with E-state index in [9.17, 15) is 9.59 Å². The zero-order valence-electron chi connectivity index (χ0n) is 13.4. The van der Waals surface area contributed by atoms with Crippen molar-refractivity contribution in [1.82, 2.24) is 5.32 Å². The second-order valence-electron chi connectivity index (χ2n) is 7.19.